The van der Waals surface area contributed by atoms with Crippen LogP contribution in [0.1, 0.15) is 23.7 Å². The Morgan fingerprint density at radius 1 is 1.42 bits per heavy atom. The number of amides is 1. The molecule has 0 atom stereocenters. The highest BCUT2D eigenvalue weighted by Gasteiger charge is 2.15. The summed E-state index contributed by atoms with van der Waals surface area (Å²) in [4.78, 5) is 13.6. The standard InChI is InChI=1S/C13H17F2NO3/c1-2-6-16(7-8-17)12(18)10-4-3-5-11(9-10)19-13(14)15/h3-5,9,13,17H,2,6-8H2,1H3. The van der Waals surface area contributed by atoms with Crippen LogP contribution in [0.2, 0.25) is 0 Å². The number of aliphatic hydroxyl groups is 1. The van der Waals surface area contributed by atoms with Crippen LogP contribution in [0.25, 0.3) is 0 Å². The SMILES string of the molecule is CCCN(CCO)C(=O)c1cccc(OC(F)F)c1. The molecule has 106 valence electrons. The number of ether oxygens (including phenoxy) is 1. The molecule has 0 aliphatic rings. The Labute approximate surface area is 110 Å². The third-order valence-corrected chi connectivity index (χ3v) is 2.46. The van der Waals surface area contributed by atoms with Gasteiger partial charge < -0.3 is 14.7 Å². The van der Waals surface area contributed by atoms with Gasteiger partial charge in [0, 0.05) is 18.7 Å². The molecular formula is C13H17F2NO3. The van der Waals surface area contributed by atoms with Gasteiger partial charge in [-0.2, -0.15) is 8.78 Å². The fourth-order valence-corrected chi connectivity index (χ4v) is 1.69. The first kappa shape index (κ1) is 15.4. The summed E-state index contributed by atoms with van der Waals surface area (Å²) in [5.41, 5.74) is 0.264. The van der Waals surface area contributed by atoms with Crippen molar-refractivity contribution in [3.8, 4) is 5.75 Å². The van der Waals surface area contributed by atoms with Crippen molar-refractivity contribution in [2.24, 2.45) is 0 Å². The Morgan fingerprint density at radius 3 is 2.74 bits per heavy atom. The van der Waals surface area contributed by atoms with E-state index in [-0.39, 0.29) is 30.4 Å². The van der Waals surface area contributed by atoms with E-state index in [1.807, 2.05) is 6.92 Å². The molecule has 1 amide bonds. The van der Waals surface area contributed by atoms with Crippen molar-refractivity contribution < 1.29 is 23.4 Å². The molecule has 6 heteroatoms. The zero-order valence-corrected chi connectivity index (χ0v) is 10.7. The molecule has 4 nitrogen and oxygen atoms in total. The molecule has 0 aromatic heterocycles. The smallest absolute Gasteiger partial charge is 0.387 e. The van der Waals surface area contributed by atoms with Crippen molar-refractivity contribution in [2.45, 2.75) is 20.0 Å². The zero-order chi connectivity index (χ0) is 14.3. The molecule has 1 aromatic carbocycles. The summed E-state index contributed by atoms with van der Waals surface area (Å²) >= 11 is 0. The zero-order valence-electron chi connectivity index (χ0n) is 10.7. The Morgan fingerprint density at radius 2 is 2.16 bits per heavy atom. The highest BCUT2D eigenvalue weighted by atomic mass is 19.3. The number of rotatable bonds is 7. The molecule has 0 aliphatic carbocycles. The van der Waals surface area contributed by atoms with E-state index in [1.54, 1.807) is 0 Å². The van der Waals surface area contributed by atoms with Gasteiger partial charge in [0.25, 0.3) is 5.91 Å². The number of hydrogen-bond donors (Lipinski definition) is 1. The van der Waals surface area contributed by atoms with E-state index in [9.17, 15) is 13.6 Å². The van der Waals surface area contributed by atoms with Crippen molar-refractivity contribution in [1.29, 1.82) is 0 Å². The number of carbonyl (C=O) groups is 1. The number of nitrogens with zero attached hydrogens (tertiary/aromatic N) is 1. The maximum absolute atomic E-state index is 12.1. The van der Waals surface area contributed by atoms with Crippen LogP contribution in [0.3, 0.4) is 0 Å². The van der Waals surface area contributed by atoms with E-state index in [1.165, 1.54) is 29.2 Å². The highest BCUT2D eigenvalue weighted by molar-refractivity contribution is 5.94. The normalized spacial score (nSPS) is 10.6. The average Bonchev–Trinajstić information content (AvgIpc) is 2.37. The molecule has 0 radical (unpaired) electrons. The lowest BCUT2D eigenvalue weighted by Crippen LogP contribution is -2.34. The monoisotopic (exact) mass is 273 g/mol. The number of alkyl halides is 2. The van der Waals surface area contributed by atoms with Gasteiger partial charge in [0.1, 0.15) is 5.75 Å². The van der Waals surface area contributed by atoms with Crippen molar-refractivity contribution in [3.63, 3.8) is 0 Å². The summed E-state index contributed by atoms with van der Waals surface area (Å²) in [5.74, 6) is -0.364. The van der Waals surface area contributed by atoms with Crippen LogP contribution < -0.4 is 4.74 Å². The maximum atomic E-state index is 12.1. The summed E-state index contributed by atoms with van der Waals surface area (Å²) in [7, 11) is 0. The number of benzene rings is 1. The minimum atomic E-state index is -2.92. The maximum Gasteiger partial charge on any atom is 0.387 e. The fourth-order valence-electron chi connectivity index (χ4n) is 1.69. The van der Waals surface area contributed by atoms with Gasteiger partial charge in [-0.25, -0.2) is 0 Å². The first-order valence-electron chi connectivity index (χ1n) is 6.03. The van der Waals surface area contributed by atoms with Crippen LogP contribution >= 0.6 is 0 Å². The lowest BCUT2D eigenvalue weighted by Gasteiger charge is -2.21. The van der Waals surface area contributed by atoms with Crippen LogP contribution in [0.4, 0.5) is 8.78 Å². The van der Waals surface area contributed by atoms with E-state index in [2.05, 4.69) is 4.74 Å². The van der Waals surface area contributed by atoms with Crippen molar-refractivity contribution in [1.82, 2.24) is 4.90 Å². The Hall–Kier alpha value is -1.69. The summed E-state index contributed by atoms with van der Waals surface area (Å²) < 4.78 is 28.5. The van der Waals surface area contributed by atoms with Gasteiger partial charge in [-0.05, 0) is 24.6 Å². The lowest BCUT2D eigenvalue weighted by atomic mass is 10.2. The third kappa shape index (κ3) is 4.82. The minimum absolute atomic E-state index is 0.0544. The summed E-state index contributed by atoms with van der Waals surface area (Å²) in [6, 6.07) is 5.64. The summed E-state index contributed by atoms with van der Waals surface area (Å²) in [6.07, 6.45) is 0.749. The Balaban J connectivity index is 2.84. The molecule has 1 rings (SSSR count). The lowest BCUT2D eigenvalue weighted by molar-refractivity contribution is -0.0499. The van der Waals surface area contributed by atoms with Gasteiger partial charge in [-0.15, -0.1) is 0 Å². The molecule has 0 spiro atoms. The average molecular weight is 273 g/mol. The first-order valence-corrected chi connectivity index (χ1v) is 6.03. The Bertz CT molecular complexity index is 407. The van der Waals surface area contributed by atoms with Gasteiger partial charge in [0.05, 0.1) is 6.61 Å². The summed E-state index contributed by atoms with van der Waals surface area (Å²) in [6.45, 7) is -0.437. The number of hydrogen-bond acceptors (Lipinski definition) is 3. The van der Waals surface area contributed by atoms with Crippen LogP contribution in [-0.2, 0) is 0 Å². The molecule has 19 heavy (non-hydrogen) atoms. The first-order chi connectivity index (χ1) is 9.08. The van der Waals surface area contributed by atoms with E-state index in [0.29, 0.717) is 6.54 Å². The second kappa shape index (κ2) is 7.68. The van der Waals surface area contributed by atoms with Gasteiger partial charge in [0.15, 0.2) is 0 Å². The van der Waals surface area contributed by atoms with Gasteiger partial charge in [0.2, 0.25) is 0 Å². The molecule has 0 fully saturated rings. The van der Waals surface area contributed by atoms with E-state index in [4.69, 9.17) is 5.11 Å². The van der Waals surface area contributed by atoms with Gasteiger partial charge in [-0.3, -0.25) is 4.79 Å². The molecule has 0 saturated heterocycles. The highest BCUT2D eigenvalue weighted by Crippen LogP contribution is 2.17. The molecule has 0 saturated carbocycles. The largest absolute Gasteiger partial charge is 0.435 e. The molecule has 0 bridgehead atoms. The molecule has 0 unspecified atom stereocenters. The predicted octanol–water partition coefficient (Wildman–Crippen LogP) is 2.13. The molecule has 1 aromatic rings. The number of halogens is 2. The van der Waals surface area contributed by atoms with Crippen LogP contribution in [0.5, 0.6) is 5.75 Å². The van der Waals surface area contributed by atoms with Crippen LogP contribution in [0.15, 0.2) is 24.3 Å². The van der Waals surface area contributed by atoms with Crippen LogP contribution in [0, 0.1) is 0 Å². The number of carbonyl (C=O) groups excluding carboxylic acids is 1. The predicted molar refractivity (Wildman–Crippen MR) is 66.4 cm³/mol. The molecule has 0 aliphatic heterocycles. The molecular weight excluding hydrogens is 256 g/mol. The van der Waals surface area contributed by atoms with Crippen molar-refractivity contribution in [2.75, 3.05) is 19.7 Å². The van der Waals surface area contributed by atoms with Crippen molar-refractivity contribution >= 4 is 5.91 Å². The molecule has 0 heterocycles. The summed E-state index contributed by atoms with van der Waals surface area (Å²) in [5, 5.41) is 8.91. The fraction of sp³-hybridized carbons (Fsp3) is 0.462. The van der Waals surface area contributed by atoms with Gasteiger partial charge in [-0.1, -0.05) is 13.0 Å². The number of aliphatic hydroxyl groups excluding tert-OH is 1. The Kier molecular flexibility index (Phi) is 6.21. The van der Waals surface area contributed by atoms with Crippen molar-refractivity contribution in [3.05, 3.63) is 29.8 Å². The van der Waals surface area contributed by atoms with Gasteiger partial charge >= 0.3 is 6.61 Å². The second-order valence-electron chi connectivity index (χ2n) is 3.92. The van der Waals surface area contributed by atoms with Crippen LogP contribution in [-0.4, -0.2) is 42.2 Å². The van der Waals surface area contributed by atoms with E-state index < -0.39 is 6.61 Å². The quantitative estimate of drug-likeness (QED) is 0.828. The van der Waals surface area contributed by atoms with E-state index in [0.717, 1.165) is 6.42 Å². The second-order valence-corrected chi connectivity index (χ2v) is 3.92. The van der Waals surface area contributed by atoms with E-state index >= 15 is 0 Å². The topological polar surface area (TPSA) is 49.8 Å². The minimum Gasteiger partial charge on any atom is -0.435 e. The molecule has 1 N–H and O–H groups in total. The third-order valence-electron chi connectivity index (χ3n) is 2.46.